The molecule has 1 N–H and O–H groups in total. The normalized spacial score (nSPS) is 11.0. The highest BCUT2D eigenvalue weighted by Crippen LogP contribution is 2.51. The van der Waals surface area contributed by atoms with Crippen molar-refractivity contribution >= 4 is 83.1 Å². The molecule has 0 bridgehead atoms. The summed E-state index contributed by atoms with van der Waals surface area (Å²) in [6, 6.07) is 15.8. The van der Waals surface area contributed by atoms with Crippen LogP contribution >= 0.6 is 39.7 Å². The second-order valence-corrected chi connectivity index (χ2v) is 14.2. The second kappa shape index (κ2) is 12.9. The Hall–Kier alpha value is -4.40. The molecule has 8 rings (SSSR count). The quantitative estimate of drug-likeness (QED) is 0.116. The van der Waals surface area contributed by atoms with Crippen molar-refractivity contribution in [3.05, 3.63) is 123 Å². The Morgan fingerprint density at radius 3 is 1.65 bits per heavy atom. The number of halogens is 3. The molecule has 212 valence electrons. The first-order valence-corrected chi connectivity index (χ1v) is 16.8. The Morgan fingerprint density at radius 1 is 0.581 bits per heavy atom. The summed E-state index contributed by atoms with van der Waals surface area (Å²) in [7, 11) is 0. The van der Waals surface area contributed by atoms with Crippen LogP contribution in [-0.4, -0.2) is 39.3 Å². The lowest BCUT2D eigenvalue weighted by atomic mass is 10.2. The van der Waals surface area contributed by atoms with Crippen LogP contribution in [0.1, 0.15) is 0 Å². The maximum Gasteiger partial charge on any atom is 0.230 e. The van der Waals surface area contributed by atoms with Crippen LogP contribution in [0.4, 0.5) is 0 Å². The molecule has 0 aliphatic heterocycles. The fraction of sp³-hybridized carbons (Fsp3) is 0. The summed E-state index contributed by atoms with van der Waals surface area (Å²) >= 11 is 14.6. The fourth-order valence-corrected chi connectivity index (χ4v) is 4.64. The highest BCUT2D eigenvalue weighted by atomic mass is 36.0. The van der Waals surface area contributed by atoms with E-state index in [0.717, 1.165) is 59.7 Å². The summed E-state index contributed by atoms with van der Waals surface area (Å²) in [4.78, 5) is 21.5. The molecule has 8 aromatic rings. The molecule has 0 saturated carbocycles. The van der Waals surface area contributed by atoms with E-state index in [1.807, 2.05) is 88.8 Å². The SMILES string of the molecule is ClP(Cl)Cl.O[n+]1ccc2cnc(-n3ccc4ccncc43)cc2c1.c1cc2cnc(-n3ccc4ccncc43)cc2cn1. The predicted molar refractivity (Wildman–Crippen MR) is 172 cm³/mol. The van der Waals surface area contributed by atoms with E-state index in [2.05, 4.69) is 31.0 Å². The van der Waals surface area contributed by atoms with Gasteiger partial charge in [-0.05, 0) is 42.5 Å². The topological polar surface area (TPSA) is 98.4 Å². The monoisotopic (exact) mass is 645 g/mol. The molecular weight excluding hydrogens is 626 g/mol. The Balaban J connectivity index is 0.000000137. The average Bonchev–Trinajstić information content (AvgIpc) is 3.65. The Bertz CT molecular complexity index is 2180. The molecule has 0 fully saturated rings. The van der Waals surface area contributed by atoms with Crippen molar-refractivity contribution in [3.8, 4) is 11.6 Å². The molecule has 0 radical (unpaired) electrons. The van der Waals surface area contributed by atoms with E-state index >= 15 is 0 Å². The molecule has 0 aliphatic rings. The Labute approximate surface area is 260 Å². The molecule has 0 aliphatic carbocycles. The van der Waals surface area contributed by atoms with Crippen LogP contribution in [-0.2, 0) is 0 Å². The van der Waals surface area contributed by atoms with Gasteiger partial charge >= 0.3 is 0 Å². The van der Waals surface area contributed by atoms with Crippen molar-refractivity contribution in [2.75, 3.05) is 0 Å². The Morgan fingerprint density at radius 2 is 1.07 bits per heavy atom. The Kier molecular flexibility index (Phi) is 8.58. The lowest BCUT2D eigenvalue weighted by Gasteiger charge is -2.05. The molecule has 8 heterocycles. The molecule has 0 atom stereocenters. The van der Waals surface area contributed by atoms with Crippen molar-refractivity contribution in [2.45, 2.75) is 0 Å². The maximum absolute atomic E-state index is 9.50. The van der Waals surface area contributed by atoms with Gasteiger partial charge in [-0.15, -0.1) is 0 Å². The molecule has 13 heteroatoms. The van der Waals surface area contributed by atoms with Gasteiger partial charge < -0.3 is 0 Å². The van der Waals surface area contributed by atoms with E-state index in [9.17, 15) is 5.21 Å². The zero-order valence-electron chi connectivity index (χ0n) is 22.2. The van der Waals surface area contributed by atoms with E-state index < -0.39 is 5.98 Å². The van der Waals surface area contributed by atoms with Crippen LogP contribution in [0.2, 0.25) is 0 Å². The lowest BCUT2D eigenvalue weighted by Crippen LogP contribution is -2.27. The fourth-order valence-electron chi connectivity index (χ4n) is 4.64. The molecule has 8 aromatic heterocycles. The smallest absolute Gasteiger partial charge is 0.230 e. The first-order chi connectivity index (χ1) is 21.0. The van der Waals surface area contributed by atoms with Gasteiger partial charge in [0, 0.05) is 87.3 Å². The van der Waals surface area contributed by atoms with Crippen molar-refractivity contribution in [2.24, 2.45) is 0 Å². The first-order valence-electron chi connectivity index (χ1n) is 12.8. The van der Waals surface area contributed by atoms with Gasteiger partial charge in [0.2, 0.25) is 12.4 Å². The van der Waals surface area contributed by atoms with Gasteiger partial charge in [0.15, 0.2) is 5.98 Å². The van der Waals surface area contributed by atoms with Crippen molar-refractivity contribution < 1.29 is 9.94 Å². The zero-order chi connectivity index (χ0) is 29.8. The number of rotatable bonds is 2. The summed E-state index contributed by atoms with van der Waals surface area (Å²) < 4.78 is 5.06. The van der Waals surface area contributed by atoms with Gasteiger partial charge in [-0.3, -0.25) is 29.3 Å². The lowest BCUT2D eigenvalue weighted by molar-refractivity contribution is -0.903. The predicted octanol–water partition coefficient (Wildman–Crippen LogP) is 8.00. The molecule has 0 amide bonds. The molecule has 0 aromatic carbocycles. The van der Waals surface area contributed by atoms with Crippen molar-refractivity contribution in [1.82, 2.24) is 34.1 Å². The van der Waals surface area contributed by atoms with Crippen LogP contribution in [0.5, 0.6) is 0 Å². The number of nitrogens with zero attached hydrogens (tertiary/aromatic N) is 8. The third-order valence-corrected chi connectivity index (χ3v) is 6.62. The van der Waals surface area contributed by atoms with Gasteiger partial charge in [-0.25, -0.2) is 9.97 Å². The summed E-state index contributed by atoms with van der Waals surface area (Å²) in [5, 5.41) is 15.9. The van der Waals surface area contributed by atoms with Crippen molar-refractivity contribution in [1.29, 1.82) is 0 Å². The van der Waals surface area contributed by atoms with Crippen LogP contribution in [0, 0.1) is 0 Å². The third kappa shape index (κ3) is 6.50. The summed E-state index contributed by atoms with van der Waals surface area (Å²) in [6.07, 6.45) is 21.8. The van der Waals surface area contributed by atoms with Crippen LogP contribution in [0.15, 0.2) is 123 Å². The van der Waals surface area contributed by atoms with Gasteiger partial charge in [0.25, 0.3) is 0 Å². The van der Waals surface area contributed by atoms with E-state index in [4.69, 9.17) is 33.7 Å². The molecule has 0 saturated heterocycles. The molecule has 43 heavy (non-hydrogen) atoms. The maximum atomic E-state index is 9.50. The van der Waals surface area contributed by atoms with E-state index in [-0.39, 0.29) is 0 Å². The third-order valence-electron chi connectivity index (χ3n) is 6.62. The largest absolute Gasteiger partial charge is 0.300 e. The number of hydrogen-bond acceptors (Lipinski definition) is 6. The summed E-state index contributed by atoms with van der Waals surface area (Å²) in [5.74, 6) is 0.472. The zero-order valence-corrected chi connectivity index (χ0v) is 25.3. The minimum absolute atomic E-state index is 0.798. The minimum atomic E-state index is -1.20. The number of fused-ring (bicyclic) bond motifs is 4. The first kappa shape index (κ1) is 28.7. The van der Waals surface area contributed by atoms with Crippen molar-refractivity contribution in [3.63, 3.8) is 0 Å². The number of aromatic nitrogens is 8. The summed E-state index contributed by atoms with van der Waals surface area (Å²) in [5.41, 5.74) is 2.06. The highest BCUT2D eigenvalue weighted by molar-refractivity contribution is 8.20. The molecular formula is C30H21Cl3N8OP+. The molecule has 0 unspecified atom stereocenters. The molecule has 9 nitrogen and oxygen atoms in total. The van der Waals surface area contributed by atoms with Gasteiger partial charge in [-0.1, -0.05) is 33.7 Å². The highest BCUT2D eigenvalue weighted by Gasteiger charge is 2.08. The van der Waals surface area contributed by atoms with Crippen LogP contribution < -0.4 is 4.73 Å². The van der Waals surface area contributed by atoms with Crippen LogP contribution in [0.3, 0.4) is 0 Å². The molecule has 0 spiro atoms. The average molecular weight is 647 g/mol. The number of hydrogen-bond donors (Lipinski definition) is 1. The van der Waals surface area contributed by atoms with Crippen LogP contribution in [0.25, 0.3) is 55.0 Å². The van der Waals surface area contributed by atoms with E-state index in [0.29, 0.717) is 0 Å². The minimum Gasteiger partial charge on any atom is -0.300 e. The summed E-state index contributed by atoms with van der Waals surface area (Å²) in [6.45, 7) is 0. The van der Waals surface area contributed by atoms with Gasteiger partial charge in [-0.2, -0.15) is 0 Å². The van der Waals surface area contributed by atoms with Gasteiger partial charge in [0.1, 0.15) is 11.6 Å². The van der Waals surface area contributed by atoms with E-state index in [1.54, 1.807) is 37.2 Å². The standard InChI is InChI=1S/C15H11N4O.C15H10N4.Cl3P/c20-18-5-2-12-8-17-15(7-13(12)10-18)19-6-3-11-1-4-16-9-14(11)19;1-4-17-10-14-11(1)3-6-19(14)15-7-13-8-16-5-2-12(13)9-18-15;1-4(2)3/h1-10,20H;1-10H;/q+1;;. The number of pyridine rings is 6. The van der Waals surface area contributed by atoms with E-state index in [1.165, 1.54) is 0 Å². The second-order valence-electron chi connectivity index (χ2n) is 9.19. The van der Waals surface area contributed by atoms with Gasteiger partial charge in [0.05, 0.1) is 28.8 Å².